The van der Waals surface area contributed by atoms with E-state index in [0.717, 1.165) is 12.6 Å². The second kappa shape index (κ2) is 13.8. The zero-order chi connectivity index (χ0) is 9.07. The van der Waals surface area contributed by atoms with Crippen molar-refractivity contribution < 1.29 is 19.1 Å². The first-order chi connectivity index (χ1) is 5.91. The monoisotopic (exact) mass is 190 g/mol. The van der Waals surface area contributed by atoms with Crippen molar-refractivity contribution >= 4 is 12.6 Å². The van der Waals surface area contributed by atoms with Gasteiger partial charge in [0.05, 0.1) is 26.4 Å². The Balaban J connectivity index is 0. The Morgan fingerprint density at radius 2 is 1.15 bits per heavy atom. The zero-order valence-corrected chi connectivity index (χ0v) is 7.03. The van der Waals surface area contributed by atoms with Gasteiger partial charge in [-0.1, -0.05) is 7.43 Å². The van der Waals surface area contributed by atoms with Crippen LogP contribution in [0.1, 0.15) is 20.3 Å². The zero-order valence-electron chi connectivity index (χ0n) is 7.03. The predicted octanol–water partition coefficient (Wildman–Crippen LogP) is 0.834. The summed E-state index contributed by atoms with van der Waals surface area (Å²) < 4.78 is 10.0. The molecule has 0 aromatic rings. The minimum Gasteiger partial charge on any atom is -0.379 e. The van der Waals surface area contributed by atoms with Crippen LogP contribution in [0, 0.1) is 0 Å². The van der Waals surface area contributed by atoms with Crippen LogP contribution in [0.5, 0.6) is 0 Å². The van der Waals surface area contributed by atoms with E-state index in [2.05, 4.69) is 0 Å². The van der Waals surface area contributed by atoms with Gasteiger partial charge < -0.3 is 19.1 Å². The van der Waals surface area contributed by atoms with E-state index in [9.17, 15) is 9.59 Å². The first-order valence-corrected chi connectivity index (χ1v) is 3.94. The molecule has 0 amide bonds. The fourth-order valence-electron chi connectivity index (χ4n) is 0.585. The summed E-state index contributed by atoms with van der Waals surface area (Å²) in [5.41, 5.74) is 0. The lowest BCUT2D eigenvalue weighted by molar-refractivity contribution is -0.110. The van der Waals surface area contributed by atoms with E-state index in [1.165, 1.54) is 0 Å². The first kappa shape index (κ1) is 14.8. The van der Waals surface area contributed by atoms with E-state index in [1.807, 2.05) is 0 Å². The van der Waals surface area contributed by atoms with Gasteiger partial charge in [0.15, 0.2) is 0 Å². The van der Waals surface area contributed by atoms with Crippen LogP contribution in [0.2, 0.25) is 0 Å². The van der Waals surface area contributed by atoms with Crippen LogP contribution in [0.25, 0.3) is 0 Å². The van der Waals surface area contributed by atoms with Crippen molar-refractivity contribution in [2.75, 3.05) is 26.4 Å². The third-order valence-electron chi connectivity index (χ3n) is 1.13. The van der Waals surface area contributed by atoms with Crippen molar-refractivity contribution in [2.24, 2.45) is 0 Å². The number of aldehydes is 2. The molecule has 0 rings (SSSR count). The summed E-state index contributed by atoms with van der Waals surface area (Å²) in [5.74, 6) is 0. The Hall–Kier alpha value is -0.740. The maximum atomic E-state index is 9.83. The fourth-order valence-corrected chi connectivity index (χ4v) is 0.585. The van der Waals surface area contributed by atoms with Gasteiger partial charge in [-0.2, -0.15) is 0 Å². The summed E-state index contributed by atoms with van der Waals surface area (Å²) in [5, 5.41) is 0. The average molecular weight is 190 g/mol. The number of carbonyl (C=O) groups excluding carboxylic acids is 2. The fraction of sp³-hybridized carbons (Fsp3) is 0.778. The van der Waals surface area contributed by atoms with Gasteiger partial charge in [0.25, 0.3) is 0 Å². The third kappa shape index (κ3) is 14.2. The van der Waals surface area contributed by atoms with Gasteiger partial charge in [-0.05, 0) is 0 Å². The molecule has 0 bridgehead atoms. The predicted molar refractivity (Wildman–Crippen MR) is 49.7 cm³/mol. The van der Waals surface area contributed by atoms with Crippen LogP contribution in [0.3, 0.4) is 0 Å². The van der Waals surface area contributed by atoms with Gasteiger partial charge in [0, 0.05) is 12.8 Å². The molecule has 0 aliphatic rings. The molecule has 0 aromatic carbocycles. The summed E-state index contributed by atoms with van der Waals surface area (Å²) in [7, 11) is 0. The van der Waals surface area contributed by atoms with Gasteiger partial charge in [0.2, 0.25) is 0 Å². The van der Waals surface area contributed by atoms with E-state index in [4.69, 9.17) is 9.47 Å². The van der Waals surface area contributed by atoms with E-state index < -0.39 is 0 Å². The van der Waals surface area contributed by atoms with E-state index in [1.54, 1.807) is 0 Å². The largest absolute Gasteiger partial charge is 0.379 e. The maximum absolute atomic E-state index is 9.83. The normalized spacial score (nSPS) is 8.92. The SMILES string of the molecule is C.O=CCCOCCOCCC=O. The van der Waals surface area contributed by atoms with Gasteiger partial charge in [-0.25, -0.2) is 0 Å². The number of ether oxygens (including phenoxy) is 2. The minimum absolute atomic E-state index is 0. The molecule has 0 aliphatic carbocycles. The summed E-state index contributed by atoms with van der Waals surface area (Å²) in [6.45, 7) is 1.85. The number of rotatable bonds is 9. The Labute approximate surface area is 79.2 Å². The highest BCUT2D eigenvalue weighted by Crippen LogP contribution is 1.82. The molecule has 13 heavy (non-hydrogen) atoms. The molecular formula is C9H18O4. The highest BCUT2D eigenvalue weighted by Gasteiger charge is 1.88. The lowest BCUT2D eigenvalue weighted by atomic mass is 10.5. The molecule has 0 heterocycles. The molecule has 0 saturated carbocycles. The van der Waals surface area contributed by atoms with Crippen LogP contribution in [-0.4, -0.2) is 39.0 Å². The molecule has 0 unspecified atom stereocenters. The van der Waals surface area contributed by atoms with Crippen molar-refractivity contribution in [3.05, 3.63) is 0 Å². The van der Waals surface area contributed by atoms with Crippen LogP contribution >= 0.6 is 0 Å². The van der Waals surface area contributed by atoms with E-state index >= 15 is 0 Å². The summed E-state index contributed by atoms with van der Waals surface area (Å²) in [4.78, 5) is 19.7. The van der Waals surface area contributed by atoms with Crippen LogP contribution in [0.15, 0.2) is 0 Å². The molecule has 78 valence electrons. The Bertz CT molecular complexity index is 100. The van der Waals surface area contributed by atoms with E-state index in [-0.39, 0.29) is 7.43 Å². The molecule has 0 saturated heterocycles. The number of hydrogen-bond acceptors (Lipinski definition) is 4. The highest BCUT2D eigenvalue weighted by atomic mass is 16.5. The molecule has 4 heteroatoms. The second-order valence-corrected chi connectivity index (χ2v) is 2.14. The second-order valence-electron chi connectivity index (χ2n) is 2.14. The van der Waals surface area contributed by atoms with Gasteiger partial charge in [-0.15, -0.1) is 0 Å². The Kier molecular flexibility index (Phi) is 15.7. The minimum atomic E-state index is 0. The first-order valence-electron chi connectivity index (χ1n) is 3.94. The van der Waals surface area contributed by atoms with Crippen LogP contribution in [-0.2, 0) is 19.1 Å². The quantitative estimate of drug-likeness (QED) is 0.399. The molecule has 0 fully saturated rings. The van der Waals surface area contributed by atoms with Gasteiger partial charge in [-0.3, -0.25) is 0 Å². The maximum Gasteiger partial charge on any atom is 0.122 e. The van der Waals surface area contributed by atoms with Gasteiger partial charge >= 0.3 is 0 Å². The Morgan fingerprint density at radius 1 is 0.769 bits per heavy atom. The van der Waals surface area contributed by atoms with E-state index in [0.29, 0.717) is 39.3 Å². The number of hydrogen-bond donors (Lipinski definition) is 0. The molecule has 0 spiro atoms. The summed E-state index contributed by atoms with van der Waals surface area (Å²) in [6, 6.07) is 0. The lowest BCUT2D eigenvalue weighted by Crippen LogP contribution is -2.06. The Morgan fingerprint density at radius 3 is 1.46 bits per heavy atom. The van der Waals surface area contributed by atoms with Gasteiger partial charge in [0.1, 0.15) is 12.6 Å². The van der Waals surface area contributed by atoms with Crippen molar-refractivity contribution in [3.8, 4) is 0 Å². The molecule has 0 aliphatic heterocycles. The standard InChI is InChI=1S/C8H14O4.CH4/c9-3-1-5-11-7-8-12-6-2-4-10;/h3-4H,1-2,5-8H2;1H4. The topological polar surface area (TPSA) is 52.6 Å². The third-order valence-corrected chi connectivity index (χ3v) is 1.13. The van der Waals surface area contributed by atoms with Crippen molar-refractivity contribution in [3.63, 3.8) is 0 Å². The molecule has 0 atom stereocenters. The van der Waals surface area contributed by atoms with Crippen molar-refractivity contribution in [1.29, 1.82) is 0 Å². The molecule has 0 N–H and O–H groups in total. The van der Waals surface area contributed by atoms with Crippen LogP contribution < -0.4 is 0 Å². The lowest BCUT2D eigenvalue weighted by Gasteiger charge is -2.01. The number of carbonyl (C=O) groups is 2. The van der Waals surface area contributed by atoms with Crippen molar-refractivity contribution in [1.82, 2.24) is 0 Å². The molecule has 4 nitrogen and oxygen atoms in total. The summed E-state index contributed by atoms with van der Waals surface area (Å²) >= 11 is 0. The van der Waals surface area contributed by atoms with Crippen molar-refractivity contribution in [2.45, 2.75) is 20.3 Å². The molecular weight excluding hydrogens is 172 g/mol. The smallest absolute Gasteiger partial charge is 0.122 e. The highest BCUT2D eigenvalue weighted by molar-refractivity contribution is 5.49. The molecule has 0 aromatic heterocycles. The summed E-state index contributed by atoms with van der Waals surface area (Å²) in [6.07, 6.45) is 2.48. The molecule has 0 radical (unpaired) electrons. The van der Waals surface area contributed by atoms with Crippen LogP contribution in [0.4, 0.5) is 0 Å². The average Bonchev–Trinajstić information content (AvgIpc) is 2.10.